The van der Waals surface area contributed by atoms with Crippen molar-refractivity contribution in [1.82, 2.24) is 5.32 Å². The van der Waals surface area contributed by atoms with Crippen LogP contribution >= 0.6 is 0 Å². The summed E-state index contributed by atoms with van der Waals surface area (Å²) in [6.45, 7) is 5.05. The van der Waals surface area contributed by atoms with Gasteiger partial charge in [-0.15, -0.1) is 0 Å². The van der Waals surface area contributed by atoms with Crippen LogP contribution in [0.2, 0.25) is 0 Å². The molecule has 4 nitrogen and oxygen atoms in total. The number of nitrogens with one attached hydrogen (secondary N) is 1. The van der Waals surface area contributed by atoms with Crippen LogP contribution in [0.4, 0.5) is 5.69 Å². The number of carbonyl (C=O) groups is 1. The molecule has 1 aliphatic rings. The molecule has 2 rings (SSSR count). The zero-order chi connectivity index (χ0) is 14.6. The van der Waals surface area contributed by atoms with E-state index in [1.54, 1.807) is 0 Å². The van der Waals surface area contributed by atoms with Gasteiger partial charge >= 0.3 is 0 Å². The van der Waals surface area contributed by atoms with E-state index < -0.39 is 5.60 Å². The van der Waals surface area contributed by atoms with E-state index >= 15 is 0 Å². The number of rotatable bonds is 5. The lowest BCUT2D eigenvalue weighted by Crippen LogP contribution is -2.49. The van der Waals surface area contributed by atoms with Crippen LogP contribution in [-0.2, 0) is 4.79 Å². The maximum atomic E-state index is 12.2. The Bertz CT molecular complexity index is 445. The maximum absolute atomic E-state index is 12.2. The lowest BCUT2D eigenvalue weighted by atomic mass is 10.00. The summed E-state index contributed by atoms with van der Waals surface area (Å²) in [5.41, 5.74) is 0.274. The lowest BCUT2D eigenvalue weighted by molar-refractivity contribution is -0.120. The largest absolute Gasteiger partial charge is 0.389 e. The Kier molecular flexibility index (Phi) is 4.78. The monoisotopic (exact) mass is 276 g/mol. The van der Waals surface area contributed by atoms with E-state index in [2.05, 4.69) is 5.32 Å². The SMILES string of the molecule is CC[C@@](C)(O)CN[C@@H]1CCN(c2ccccc2)C(=O)C1. The molecule has 0 spiro atoms. The number of anilines is 1. The minimum Gasteiger partial charge on any atom is -0.389 e. The van der Waals surface area contributed by atoms with Crippen molar-refractivity contribution in [1.29, 1.82) is 0 Å². The van der Waals surface area contributed by atoms with Crippen molar-refractivity contribution in [3.8, 4) is 0 Å². The quantitative estimate of drug-likeness (QED) is 0.864. The number of para-hydroxylation sites is 1. The third-order valence-corrected chi connectivity index (χ3v) is 4.02. The van der Waals surface area contributed by atoms with Gasteiger partial charge in [-0.3, -0.25) is 4.79 Å². The van der Waals surface area contributed by atoms with E-state index in [1.165, 1.54) is 0 Å². The molecule has 1 aromatic rings. The van der Waals surface area contributed by atoms with E-state index in [-0.39, 0.29) is 11.9 Å². The summed E-state index contributed by atoms with van der Waals surface area (Å²) in [4.78, 5) is 14.1. The van der Waals surface area contributed by atoms with Gasteiger partial charge in [0.25, 0.3) is 0 Å². The van der Waals surface area contributed by atoms with Gasteiger partial charge in [-0.1, -0.05) is 25.1 Å². The van der Waals surface area contributed by atoms with Crippen molar-refractivity contribution in [3.05, 3.63) is 30.3 Å². The van der Waals surface area contributed by atoms with Gasteiger partial charge in [0.05, 0.1) is 5.60 Å². The van der Waals surface area contributed by atoms with E-state index in [0.29, 0.717) is 19.4 Å². The van der Waals surface area contributed by atoms with Crippen molar-refractivity contribution in [2.75, 3.05) is 18.0 Å². The first kappa shape index (κ1) is 15.0. The highest BCUT2D eigenvalue weighted by Gasteiger charge is 2.28. The van der Waals surface area contributed by atoms with Crippen molar-refractivity contribution in [2.45, 2.75) is 44.8 Å². The summed E-state index contributed by atoms with van der Waals surface area (Å²) in [6.07, 6.45) is 2.12. The highest BCUT2D eigenvalue weighted by molar-refractivity contribution is 5.94. The van der Waals surface area contributed by atoms with Crippen LogP contribution in [0.3, 0.4) is 0 Å². The Balaban J connectivity index is 1.88. The van der Waals surface area contributed by atoms with Gasteiger partial charge in [0.2, 0.25) is 5.91 Å². The Labute approximate surface area is 120 Å². The van der Waals surface area contributed by atoms with Gasteiger partial charge < -0.3 is 15.3 Å². The molecular weight excluding hydrogens is 252 g/mol. The number of nitrogens with zero attached hydrogens (tertiary/aromatic N) is 1. The molecule has 0 unspecified atom stereocenters. The van der Waals surface area contributed by atoms with Crippen molar-refractivity contribution in [3.63, 3.8) is 0 Å². The summed E-state index contributed by atoms with van der Waals surface area (Å²) in [7, 11) is 0. The summed E-state index contributed by atoms with van der Waals surface area (Å²) >= 11 is 0. The van der Waals surface area contributed by atoms with Crippen molar-refractivity contribution < 1.29 is 9.90 Å². The molecule has 2 atom stereocenters. The van der Waals surface area contributed by atoms with Crippen LogP contribution in [0.15, 0.2) is 30.3 Å². The minimum atomic E-state index is -0.695. The van der Waals surface area contributed by atoms with E-state index in [0.717, 1.165) is 18.7 Å². The van der Waals surface area contributed by atoms with Crippen LogP contribution in [0.25, 0.3) is 0 Å². The third kappa shape index (κ3) is 3.81. The Morgan fingerprint density at radius 2 is 2.10 bits per heavy atom. The molecule has 4 heteroatoms. The normalized spacial score (nSPS) is 22.6. The maximum Gasteiger partial charge on any atom is 0.228 e. The molecule has 0 aliphatic carbocycles. The number of carbonyl (C=O) groups excluding carboxylic acids is 1. The van der Waals surface area contributed by atoms with Crippen LogP contribution in [0, 0.1) is 0 Å². The first-order valence-corrected chi connectivity index (χ1v) is 7.33. The number of benzene rings is 1. The van der Waals surface area contributed by atoms with Gasteiger partial charge in [0.1, 0.15) is 0 Å². The fraction of sp³-hybridized carbons (Fsp3) is 0.562. The van der Waals surface area contributed by atoms with Crippen LogP contribution in [0.1, 0.15) is 33.1 Å². The Morgan fingerprint density at radius 1 is 1.40 bits per heavy atom. The smallest absolute Gasteiger partial charge is 0.228 e. The van der Waals surface area contributed by atoms with E-state index in [1.807, 2.05) is 49.1 Å². The average Bonchev–Trinajstić information content (AvgIpc) is 2.46. The molecule has 2 N–H and O–H groups in total. The summed E-state index contributed by atoms with van der Waals surface area (Å²) < 4.78 is 0. The highest BCUT2D eigenvalue weighted by Crippen LogP contribution is 2.21. The molecule has 1 aliphatic heterocycles. The number of hydrogen-bond donors (Lipinski definition) is 2. The predicted octanol–water partition coefficient (Wildman–Crippen LogP) is 1.93. The van der Waals surface area contributed by atoms with Gasteiger partial charge in [-0.2, -0.15) is 0 Å². The first-order chi connectivity index (χ1) is 9.52. The number of piperidine rings is 1. The fourth-order valence-corrected chi connectivity index (χ4v) is 2.38. The van der Waals surface area contributed by atoms with Crippen LogP contribution < -0.4 is 10.2 Å². The van der Waals surface area contributed by atoms with E-state index in [9.17, 15) is 9.90 Å². The average molecular weight is 276 g/mol. The molecule has 1 amide bonds. The summed E-state index contributed by atoms with van der Waals surface area (Å²) in [5, 5.41) is 13.3. The summed E-state index contributed by atoms with van der Waals surface area (Å²) in [5.74, 6) is 0.149. The minimum absolute atomic E-state index is 0.149. The second kappa shape index (κ2) is 6.37. The summed E-state index contributed by atoms with van der Waals surface area (Å²) in [6, 6.07) is 9.95. The Hall–Kier alpha value is -1.39. The zero-order valence-electron chi connectivity index (χ0n) is 12.3. The van der Waals surface area contributed by atoms with Crippen LogP contribution in [0.5, 0.6) is 0 Å². The molecule has 1 saturated heterocycles. The number of hydrogen-bond acceptors (Lipinski definition) is 3. The molecule has 1 aromatic carbocycles. The van der Waals surface area contributed by atoms with Crippen molar-refractivity contribution >= 4 is 11.6 Å². The van der Waals surface area contributed by atoms with Gasteiger partial charge in [0, 0.05) is 31.2 Å². The fourth-order valence-electron chi connectivity index (χ4n) is 2.38. The number of amides is 1. The van der Waals surface area contributed by atoms with Crippen molar-refractivity contribution in [2.24, 2.45) is 0 Å². The molecule has 1 fully saturated rings. The molecule has 0 bridgehead atoms. The van der Waals surface area contributed by atoms with Crippen LogP contribution in [-0.4, -0.2) is 35.7 Å². The standard InChI is InChI=1S/C16H24N2O2/c1-3-16(2,20)12-17-13-9-10-18(15(19)11-13)14-7-5-4-6-8-14/h4-8,13,17,20H,3,9-12H2,1-2H3/t13-,16-/m1/s1. The Morgan fingerprint density at radius 3 is 2.70 bits per heavy atom. The van der Waals surface area contributed by atoms with E-state index in [4.69, 9.17) is 0 Å². The van der Waals surface area contributed by atoms with Gasteiger partial charge in [0.15, 0.2) is 0 Å². The first-order valence-electron chi connectivity index (χ1n) is 7.33. The molecule has 20 heavy (non-hydrogen) atoms. The van der Waals surface area contributed by atoms with Gasteiger partial charge in [-0.25, -0.2) is 0 Å². The molecule has 1 heterocycles. The zero-order valence-corrected chi connectivity index (χ0v) is 12.3. The molecule has 0 aromatic heterocycles. The third-order valence-electron chi connectivity index (χ3n) is 4.02. The van der Waals surface area contributed by atoms with Gasteiger partial charge in [-0.05, 0) is 31.9 Å². The second-order valence-electron chi connectivity index (χ2n) is 5.80. The molecular formula is C16H24N2O2. The molecule has 110 valence electrons. The molecule has 0 saturated carbocycles. The topological polar surface area (TPSA) is 52.6 Å². The number of aliphatic hydroxyl groups is 1. The molecule has 0 radical (unpaired) electrons. The lowest BCUT2D eigenvalue weighted by Gasteiger charge is -2.34. The highest BCUT2D eigenvalue weighted by atomic mass is 16.3. The second-order valence-corrected chi connectivity index (χ2v) is 5.80. The predicted molar refractivity (Wildman–Crippen MR) is 80.7 cm³/mol.